The van der Waals surface area contributed by atoms with E-state index >= 15 is 0 Å². The summed E-state index contributed by atoms with van der Waals surface area (Å²) in [6.07, 6.45) is 10.4. The highest BCUT2D eigenvalue weighted by molar-refractivity contribution is 5.33. The predicted octanol–water partition coefficient (Wildman–Crippen LogP) is 4.43. The Morgan fingerprint density at radius 1 is 0.850 bits per heavy atom. The van der Waals surface area contributed by atoms with Gasteiger partial charge in [0.05, 0.1) is 0 Å². The third-order valence-electron chi connectivity index (χ3n) is 3.60. The van der Waals surface area contributed by atoms with Crippen LogP contribution in [0.2, 0.25) is 0 Å². The van der Waals surface area contributed by atoms with Gasteiger partial charge in [0.25, 0.3) is 12.9 Å². The van der Waals surface area contributed by atoms with E-state index in [9.17, 15) is 0 Å². The number of hydrogen-bond acceptors (Lipinski definition) is 2. The van der Waals surface area contributed by atoms with Crippen LogP contribution in [-0.4, -0.2) is 23.2 Å². The molecule has 0 saturated heterocycles. The quantitative estimate of drug-likeness (QED) is 0.750. The molecule has 2 N–H and O–H groups in total. The average Bonchev–Trinajstić information content (AvgIpc) is 2.29. The fourth-order valence-electron chi connectivity index (χ4n) is 3.53. The zero-order valence-corrected chi connectivity index (χ0v) is 13.5. The van der Waals surface area contributed by atoms with Gasteiger partial charge in [0.1, 0.15) is 0 Å². The zero-order valence-electron chi connectivity index (χ0n) is 13.5. The van der Waals surface area contributed by atoms with Crippen molar-refractivity contribution in [3.8, 4) is 0 Å². The van der Waals surface area contributed by atoms with Crippen LogP contribution in [0.3, 0.4) is 0 Å². The summed E-state index contributed by atoms with van der Waals surface area (Å²) in [6, 6.07) is 0. The smallest absolute Gasteiger partial charge is 0.290 e. The summed E-state index contributed by atoms with van der Waals surface area (Å²) in [5, 5.41) is 13.8. The lowest BCUT2D eigenvalue weighted by Crippen LogP contribution is -2.27. The van der Waals surface area contributed by atoms with E-state index in [-0.39, 0.29) is 12.9 Å². The van der Waals surface area contributed by atoms with Gasteiger partial charge in [0.15, 0.2) is 0 Å². The van der Waals surface area contributed by atoms with Crippen molar-refractivity contribution in [3.05, 3.63) is 0 Å². The summed E-state index contributed by atoms with van der Waals surface area (Å²) in [5.74, 6) is 1.76. The highest BCUT2D eigenvalue weighted by Crippen LogP contribution is 2.45. The first-order chi connectivity index (χ1) is 9.37. The Balaban J connectivity index is 0. The van der Waals surface area contributed by atoms with Crippen molar-refractivity contribution >= 4 is 12.9 Å². The second-order valence-electron chi connectivity index (χ2n) is 6.47. The number of carboxylic acid groups (broad SMARTS) is 2. The predicted molar refractivity (Wildman–Crippen MR) is 81.8 cm³/mol. The first kappa shape index (κ1) is 21.2. The molecule has 1 aliphatic carbocycles. The van der Waals surface area contributed by atoms with Crippen molar-refractivity contribution in [1.29, 1.82) is 0 Å². The molecule has 0 radical (unpaired) electrons. The van der Waals surface area contributed by atoms with Gasteiger partial charge in [-0.1, -0.05) is 47.0 Å². The minimum Gasteiger partial charge on any atom is -0.483 e. The van der Waals surface area contributed by atoms with Gasteiger partial charge >= 0.3 is 0 Å². The van der Waals surface area contributed by atoms with E-state index in [1.165, 1.54) is 44.9 Å². The van der Waals surface area contributed by atoms with Gasteiger partial charge in [0.2, 0.25) is 0 Å². The standard InChI is InChI=1S/C14H28.2CH2O2/c1-12(2)10-14(11-13(3)4)8-6-5-7-9-14;2*2-1-3/h12-13H,5-11H2,1-4H3;2*1H,(H,2,3). The van der Waals surface area contributed by atoms with Crippen LogP contribution in [0.4, 0.5) is 0 Å². The highest BCUT2D eigenvalue weighted by Gasteiger charge is 2.32. The Bertz CT molecular complexity index is 213. The van der Waals surface area contributed by atoms with Gasteiger partial charge < -0.3 is 10.2 Å². The molecule has 20 heavy (non-hydrogen) atoms. The third kappa shape index (κ3) is 12.0. The van der Waals surface area contributed by atoms with E-state index in [0.717, 1.165) is 17.3 Å². The molecule has 0 bridgehead atoms. The maximum absolute atomic E-state index is 8.36. The number of rotatable bonds is 4. The van der Waals surface area contributed by atoms with Crippen molar-refractivity contribution in [2.45, 2.75) is 72.6 Å². The van der Waals surface area contributed by atoms with Crippen LogP contribution in [0.1, 0.15) is 72.6 Å². The number of hydrogen-bond donors (Lipinski definition) is 2. The largest absolute Gasteiger partial charge is 0.483 e. The van der Waals surface area contributed by atoms with E-state index in [2.05, 4.69) is 27.7 Å². The van der Waals surface area contributed by atoms with Crippen LogP contribution in [-0.2, 0) is 9.59 Å². The highest BCUT2D eigenvalue weighted by atomic mass is 16.3. The molecule has 0 unspecified atom stereocenters. The van der Waals surface area contributed by atoms with Gasteiger partial charge in [-0.2, -0.15) is 0 Å². The Labute approximate surface area is 123 Å². The summed E-state index contributed by atoms with van der Waals surface area (Å²) in [6.45, 7) is 9.04. The van der Waals surface area contributed by atoms with E-state index < -0.39 is 0 Å². The fraction of sp³-hybridized carbons (Fsp3) is 0.875. The Kier molecular flexibility index (Phi) is 13.8. The van der Waals surface area contributed by atoms with Crippen LogP contribution in [0.25, 0.3) is 0 Å². The molecular weight excluding hydrogens is 256 g/mol. The summed E-state index contributed by atoms with van der Waals surface area (Å²) in [4.78, 5) is 16.7. The summed E-state index contributed by atoms with van der Waals surface area (Å²) in [7, 11) is 0. The monoisotopic (exact) mass is 288 g/mol. The minimum absolute atomic E-state index is 0.250. The van der Waals surface area contributed by atoms with Crippen LogP contribution in [0.15, 0.2) is 0 Å². The number of carbonyl (C=O) groups is 2. The Hall–Kier alpha value is -1.06. The molecule has 0 atom stereocenters. The molecule has 1 rings (SSSR count). The van der Waals surface area contributed by atoms with Crippen molar-refractivity contribution in [3.63, 3.8) is 0 Å². The van der Waals surface area contributed by atoms with E-state index in [0.29, 0.717) is 0 Å². The summed E-state index contributed by atoms with van der Waals surface area (Å²) in [5.41, 5.74) is 0.723. The zero-order chi connectivity index (χ0) is 16.0. The molecule has 4 heteroatoms. The Morgan fingerprint density at radius 3 is 1.40 bits per heavy atom. The fourth-order valence-corrected chi connectivity index (χ4v) is 3.53. The molecule has 0 amide bonds. The van der Waals surface area contributed by atoms with Crippen molar-refractivity contribution in [2.75, 3.05) is 0 Å². The topological polar surface area (TPSA) is 74.6 Å². The lowest BCUT2D eigenvalue weighted by Gasteiger charge is -2.40. The first-order valence-electron chi connectivity index (χ1n) is 7.53. The molecule has 0 aromatic rings. The van der Waals surface area contributed by atoms with Crippen molar-refractivity contribution < 1.29 is 19.8 Å². The molecule has 1 aliphatic rings. The molecule has 120 valence electrons. The van der Waals surface area contributed by atoms with Gasteiger partial charge in [-0.05, 0) is 42.9 Å². The van der Waals surface area contributed by atoms with Crippen molar-refractivity contribution in [2.24, 2.45) is 17.3 Å². The minimum atomic E-state index is -0.250. The van der Waals surface area contributed by atoms with Crippen molar-refractivity contribution in [1.82, 2.24) is 0 Å². The lowest BCUT2D eigenvalue weighted by atomic mass is 9.65. The van der Waals surface area contributed by atoms with Gasteiger partial charge in [-0.3, -0.25) is 9.59 Å². The first-order valence-corrected chi connectivity index (χ1v) is 7.53. The van der Waals surface area contributed by atoms with Gasteiger partial charge in [-0.25, -0.2) is 0 Å². The molecule has 1 fully saturated rings. The average molecular weight is 288 g/mol. The molecule has 1 saturated carbocycles. The van der Waals surface area contributed by atoms with Crippen LogP contribution < -0.4 is 0 Å². The SMILES string of the molecule is CC(C)CC1(CC(C)C)CCCCC1.O=CO.O=CO. The van der Waals surface area contributed by atoms with Gasteiger partial charge in [0, 0.05) is 0 Å². The normalized spacial score (nSPS) is 16.5. The second kappa shape index (κ2) is 12.9. The molecular formula is C16H32O4. The molecule has 4 nitrogen and oxygen atoms in total. The molecule has 0 heterocycles. The molecule has 0 aliphatic heterocycles. The lowest BCUT2D eigenvalue weighted by molar-refractivity contribution is -0.123. The van der Waals surface area contributed by atoms with E-state index in [1.54, 1.807) is 0 Å². The van der Waals surface area contributed by atoms with E-state index in [4.69, 9.17) is 19.8 Å². The Morgan fingerprint density at radius 2 is 1.15 bits per heavy atom. The van der Waals surface area contributed by atoms with Crippen LogP contribution >= 0.6 is 0 Å². The maximum atomic E-state index is 8.36. The van der Waals surface area contributed by atoms with Gasteiger partial charge in [-0.15, -0.1) is 0 Å². The van der Waals surface area contributed by atoms with Crippen LogP contribution in [0, 0.1) is 17.3 Å². The van der Waals surface area contributed by atoms with E-state index in [1.807, 2.05) is 0 Å². The molecule has 0 aromatic carbocycles. The summed E-state index contributed by atoms with van der Waals surface area (Å²) >= 11 is 0. The summed E-state index contributed by atoms with van der Waals surface area (Å²) < 4.78 is 0. The second-order valence-corrected chi connectivity index (χ2v) is 6.47. The molecule has 0 aromatic heterocycles. The maximum Gasteiger partial charge on any atom is 0.290 e. The third-order valence-corrected chi connectivity index (χ3v) is 3.60. The molecule has 0 spiro atoms. The van der Waals surface area contributed by atoms with Crippen LogP contribution in [0.5, 0.6) is 0 Å².